The maximum atomic E-state index is 12.9. The van der Waals surface area contributed by atoms with E-state index in [4.69, 9.17) is 0 Å². The predicted octanol–water partition coefficient (Wildman–Crippen LogP) is -1.12. The molecule has 26 heavy (non-hydrogen) atoms. The zero-order valence-electron chi connectivity index (χ0n) is 15.3. The van der Waals surface area contributed by atoms with Crippen LogP contribution >= 0.6 is 0 Å². The van der Waals surface area contributed by atoms with Crippen molar-refractivity contribution in [3.63, 3.8) is 0 Å². The Hall–Kier alpha value is -2.00. The minimum Gasteiger partial charge on any atom is -0.341 e. The molecule has 2 atom stereocenters. The molecule has 0 saturated carbocycles. The molecule has 4 aliphatic rings. The molecule has 1 aromatic rings. The topological polar surface area (TPSA) is 86.6 Å². The summed E-state index contributed by atoms with van der Waals surface area (Å²) in [6, 6.07) is 0.118. The molecule has 4 saturated heterocycles. The van der Waals surface area contributed by atoms with E-state index in [0.717, 1.165) is 52.1 Å². The number of piperazine rings is 1. The van der Waals surface area contributed by atoms with Crippen molar-refractivity contribution in [2.45, 2.75) is 25.4 Å². The highest BCUT2D eigenvalue weighted by molar-refractivity contribution is 5.93. The van der Waals surface area contributed by atoms with Crippen LogP contribution in [0.15, 0.2) is 6.20 Å². The standard InChI is InChI=1S/C17H27N7O2/c1-21-14-3-2-13(16(21)25)10-23(11-14)17(26)15-12-24(20-19-15)9-8-22-6-4-18-5-7-22/h12-14,18H,2-11H2,1H3/t13-,14+/m0/s1. The van der Waals surface area contributed by atoms with Gasteiger partial charge in [-0.3, -0.25) is 19.2 Å². The van der Waals surface area contributed by atoms with Gasteiger partial charge in [0.05, 0.1) is 18.7 Å². The van der Waals surface area contributed by atoms with Crippen molar-refractivity contribution in [3.8, 4) is 0 Å². The van der Waals surface area contributed by atoms with Gasteiger partial charge in [-0.05, 0) is 12.8 Å². The van der Waals surface area contributed by atoms with E-state index in [-0.39, 0.29) is 23.8 Å². The second-order valence-corrected chi connectivity index (χ2v) is 7.55. The third kappa shape index (κ3) is 3.45. The van der Waals surface area contributed by atoms with Gasteiger partial charge in [-0.1, -0.05) is 5.21 Å². The Kier molecular flexibility index (Phi) is 4.90. The van der Waals surface area contributed by atoms with Gasteiger partial charge in [0.1, 0.15) is 0 Å². The van der Waals surface area contributed by atoms with Gasteiger partial charge in [0.25, 0.3) is 5.91 Å². The van der Waals surface area contributed by atoms with Gasteiger partial charge < -0.3 is 15.1 Å². The highest BCUT2D eigenvalue weighted by Gasteiger charge is 2.40. The molecule has 5 rings (SSSR count). The zero-order valence-corrected chi connectivity index (χ0v) is 15.3. The van der Waals surface area contributed by atoms with Crippen LogP contribution in [0, 0.1) is 5.92 Å². The van der Waals surface area contributed by atoms with Gasteiger partial charge in [-0.15, -0.1) is 5.10 Å². The highest BCUT2D eigenvalue weighted by Crippen LogP contribution is 2.28. The number of rotatable bonds is 4. The zero-order chi connectivity index (χ0) is 18.1. The van der Waals surface area contributed by atoms with Gasteiger partial charge in [0.2, 0.25) is 5.91 Å². The molecular formula is C17H27N7O2. The molecule has 0 aromatic carbocycles. The predicted molar refractivity (Wildman–Crippen MR) is 94.5 cm³/mol. The van der Waals surface area contributed by atoms with Crippen LogP contribution in [0.25, 0.3) is 0 Å². The molecule has 9 nitrogen and oxygen atoms in total. The third-order valence-corrected chi connectivity index (χ3v) is 5.86. The smallest absolute Gasteiger partial charge is 0.276 e. The van der Waals surface area contributed by atoms with Crippen LogP contribution < -0.4 is 5.32 Å². The van der Waals surface area contributed by atoms with E-state index in [1.807, 2.05) is 11.9 Å². The minimum absolute atomic E-state index is 0.0783. The normalized spacial score (nSPS) is 27.0. The summed E-state index contributed by atoms with van der Waals surface area (Å²) in [5.41, 5.74) is 0.377. The molecule has 2 amide bonds. The van der Waals surface area contributed by atoms with E-state index in [9.17, 15) is 9.59 Å². The molecule has 9 heteroatoms. The van der Waals surface area contributed by atoms with Crippen molar-refractivity contribution in [2.75, 3.05) is 52.9 Å². The monoisotopic (exact) mass is 361 g/mol. The Labute approximate surface area is 153 Å². The van der Waals surface area contributed by atoms with Crippen LogP contribution in [0.4, 0.5) is 0 Å². The van der Waals surface area contributed by atoms with Crippen molar-refractivity contribution in [3.05, 3.63) is 11.9 Å². The Morgan fingerprint density at radius 1 is 1.23 bits per heavy atom. The number of amides is 2. The summed E-state index contributed by atoms with van der Waals surface area (Å²) in [6.07, 6.45) is 3.58. The van der Waals surface area contributed by atoms with E-state index < -0.39 is 0 Å². The molecular weight excluding hydrogens is 334 g/mol. The fourth-order valence-electron chi connectivity index (χ4n) is 4.17. The van der Waals surface area contributed by atoms with Gasteiger partial charge in [0, 0.05) is 58.9 Å². The maximum absolute atomic E-state index is 12.9. The second kappa shape index (κ2) is 7.32. The minimum atomic E-state index is -0.113. The number of piperidine rings is 1. The molecule has 0 radical (unpaired) electrons. The number of hydrogen-bond acceptors (Lipinski definition) is 6. The number of carbonyl (C=O) groups excluding carboxylic acids is 2. The molecule has 0 unspecified atom stereocenters. The lowest BCUT2D eigenvalue weighted by Gasteiger charge is -2.32. The summed E-state index contributed by atoms with van der Waals surface area (Å²) >= 11 is 0. The first kappa shape index (κ1) is 17.4. The maximum Gasteiger partial charge on any atom is 0.276 e. The largest absolute Gasteiger partial charge is 0.341 e. The van der Waals surface area contributed by atoms with E-state index in [1.54, 1.807) is 15.8 Å². The van der Waals surface area contributed by atoms with Crippen molar-refractivity contribution in [2.24, 2.45) is 5.92 Å². The highest BCUT2D eigenvalue weighted by atomic mass is 16.2. The second-order valence-electron chi connectivity index (χ2n) is 7.55. The summed E-state index contributed by atoms with van der Waals surface area (Å²) < 4.78 is 1.75. The van der Waals surface area contributed by atoms with Crippen LogP contribution in [0.5, 0.6) is 0 Å². The molecule has 0 spiro atoms. The van der Waals surface area contributed by atoms with E-state index in [1.165, 1.54) is 0 Å². The molecule has 5 heterocycles. The summed E-state index contributed by atoms with van der Waals surface area (Å²) in [6.45, 7) is 6.84. The van der Waals surface area contributed by atoms with Crippen LogP contribution in [0.2, 0.25) is 0 Å². The molecule has 2 bridgehead atoms. The number of aromatic nitrogens is 3. The number of likely N-dealkylation sites (N-methyl/N-ethyl adjacent to an activating group) is 1. The van der Waals surface area contributed by atoms with Crippen LogP contribution in [-0.4, -0.2) is 100 Å². The Bertz CT molecular complexity index is 670. The van der Waals surface area contributed by atoms with E-state index in [2.05, 4.69) is 20.5 Å². The van der Waals surface area contributed by atoms with Crippen molar-refractivity contribution in [1.82, 2.24) is 35.0 Å². The summed E-state index contributed by atoms with van der Waals surface area (Å²) in [7, 11) is 1.85. The van der Waals surface area contributed by atoms with Crippen molar-refractivity contribution < 1.29 is 9.59 Å². The molecule has 0 aliphatic carbocycles. The lowest BCUT2D eigenvalue weighted by Crippen LogP contribution is -2.45. The third-order valence-electron chi connectivity index (χ3n) is 5.86. The molecule has 4 aliphatic heterocycles. The number of nitrogens with zero attached hydrogens (tertiary/aromatic N) is 6. The van der Waals surface area contributed by atoms with Gasteiger partial charge >= 0.3 is 0 Å². The number of hydrogen-bond donors (Lipinski definition) is 1. The molecule has 4 fully saturated rings. The van der Waals surface area contributed by atoms with Gasteiger partial charge in [-0.25, -0.2) is 0 Å². The molecule has 1 N–H and O–H groups in total. The summed E-state index contributed by atoms with van der Waals surface area (Å²) in [4.78, 5) is 31.1. The first-order chi connectivity index (χ1) is 12.6. The van der Waals surface area contributed by atoms with Crippen LogP contribution in [-0.2, 0) is 11.3 Å². The van der Waals surface area contributed by atoms with Crippen LogP contribution in [0.3, 0.4) is 0 Å². The Morgan fingerprint density at radius 2 is 2.04 bits per heavy atom. The summed E-state index contributed by atoms with van der Waals surface area (Å²) in [5.74, 6) is -0.0277. The van der Waals surface area contributed by atoms with E-state index in [0.29, 0.717) is 18.8 Å². The van der Waals surface area contributed by atoms with E-state index >= 15 is 0 Å². The van der Waals surface area contributed by atoms with Crippen LogP contribution in [0.1, 0.15) is 23.3 Å². The Balaban J connectivity index is 1.38. The lowest BCUT2D eigenvalue weighted by molar-refractivity contribution is -0.138. The lowest BCUT2D eigenvalue weighted by atomic mass is 9.95. The first-order valence-electron chi connectivity index (χ1n) is 9.51. The van der Waals surface area contributed by atoms with Crippen molar-refractivity contribution in [1.29, 1.82) is 0 Å². The fraction of sp³-hybridized carbons (Fsp3) is 0.765. The first-order valence-corrected chi connectivity index (χ1v) is 9.51. The van der Waals surface area contributed by atoms with Gasteiger partial charge in [0.15, 0.2) is 5.69 Å². The quantitative estimate of drug-likeness (QED) is 0.731. The SMILES string of the molecule is CN1C(=O)[C@H]2CC[C@@H]1CN(C(=O)c1cn(CCN3CCNCC3)nn1)C2. The average molecular weight is 361 g/mol. The molecule has 142 valence electrons. The summed E-state index contributed by atoms with van der Waals surface area (Å²) in [5, 5.41) is 11.5. The van der Waals surface area contributed by atoms with Crippen molar-refractivity contribution >= 4 is 11.8 Å². The van der Waals surface area contributed by atoms with Gasteiger partial charge in [-0.2, -0.15) is 0 Å². The Morgan fingerprint density at radius 3 is 2.85 bits per heavy atom. The average Bonchev–Trinajstić information content (AvgIpc) is 2.98. The number of nitrogens with one attached hydrogen (secondary N) is 1. The number of carbonyl (C=O) groups is 2. The molecule has 1 aromatic heterocycles. The number of fused-ring (bicyclic) bond motifs is 4. The fourth-order valence-corrected chi connectivity index (χ4v) is 4.17.